The molecule has 1 saturated carbocycles. The van der Waals surface area contributed by atoms with Crippen LogP contribution in [0.25, 0.3) is 10.1 Å². The Morgan fingerprint density at radius 3 is 2.71 bits per heavy atom. The Bertz CT molecular complexity index is 557. The maximum Gasteiger partial charge on any atom is 0.411 e. The zero-order chi connectivity index (χ0) is 12.1. The van der Waals surface area contributed by atoms with Crippen LogP contribution in [0, 0.1) is 0 Å². The van der Waals surface area contributed by atoms with E-state index in [4.69, 9.17) is 0 Å². The second-order valence-electron chi connectivity index (χ2n) is 4.20. The fraction of sp³-hybridized carbons (Fsp3) is 0.364. The van der Waals surface area contributed by atoms with Crippen LogP contribution in [-0.2, 0) is 0 Å². The number of hydrogen-bond acceptors (Lipinski definition) is 3. The lowest BCUT2D eigenvalue weighted by atomic mass is 10.2. The van der Waals surface area contributed by atoms with Crippen LogP contribution in [0.2, 0.25) is 0 Å². The third kappa shape index (κ3) is 1.67. The summed E-state index contributed by atoms with van der Waals surface area (Å²) in [6.45, 7) is 0. The Morgan fingerprint density at radius 1 is 1.29 bits per heavy atom. The van der Waals surface area contributed by atoms with E-state index in [1.807, 2.05) is 5.38 Å². The number of aromatic nitrogens is 1. The van der Waals surface area contributed by atoms with Gasteiger partial charge in [-0.1, -0.05) is 0 Å². The van der Waals surface area contributed by atoms with Gasteiger partial charge in [-0.15, -0.1) is 11.3 Å². The highest BCUT2D eigenvalue weighted by Gasteiger charge is 2.63. The van der Waals surface area contributed by atoms with Crippen molar-refractivity contribution in [3.63, 3.8) is 0 Å². The number of nitrogens with one attached hydrogen (secondary N) is 1. The van der Waals surface area contributed by atoms with Crippen LogP contribution in [0.5, 0.6) is 0 Å². The largest absolute Gasteiger partial charge is 0.411 e. The fourth-order valence-electron chi connectivity index (χ4n) is 1.83. The number of nitrogens with zero attached hydrogens (tertiary/aromatic N) is 1. The number of thiophene rings is 1. The minimum Gasteiger partial charge on any atom is -0.356 e. The molecular formula is C11H9F3N2S. The van der Waals surface area contributed by atoms with Crippen molar-refractivity contribution in [1.82, 2.24) is 4.98 Å². The minimum absolute atomic E-state index is 0.124. The molecule has 0 amide bonds. The summed E-state index contributed by atoms with van der Waals surface area (Å²) < 4.78 is 39.4. The molecule has 90 valence electrons. The van der Waals surface area contributed by atoms with Gasteiger partial charge in [0.15, 0.2) is 0 Å². The quantitative estimate of drug-likeness (QED) is 0.886. The van der Waals surface area contributed by atoms with Crippen LogP contribution >= 0.6 is 11.3 Å². The van der Waals surface area contributed by atoms with Crippen LogP contribution in [0.15, 0.2) is 23.7 Å². The zero-order valence-corrected chi connectivity index (χ0v) is 9.53. The number of halogens is 3. The van der Waals surface area contributed by atoms with Gasteiger partial charge in [0, 0.05) is 16.3 Å². The smallest absolute Gasteiger partial charge is 0.356 e. The molecule has 0 bridgehead atoms. The van der Waals surface area contributed by atoms with Crippen molar-refractivity contribution >= 4 is 27.2 Å². The fourth-order valence-corrected chi connectivity index (χ4v) is 2.61. The molecule has 2 heterocycles. The van der Waals surface area contributed by atoms with E-state index in [2.05, 4.69) is 10.3 Å². The summed E-state index contributed by atoms with van der Waals surface area (Å²) in [5.41, 5.74) is -1.75. The average molecular weight is 258 g/mol. The van der Waals surface area contributed by atoms with Crippen molar-refractivity contribution in [2.75, 3.05) is 5.32 Å². The first-order chi connectivity index (χ1) is 8.02. The first kappa shape index (κ1) is 10.8. The molecule has 1 aliphatic rings. The van der Waals surface area contributed by atoms with Crippen molar-refractivity contribution in [3.8, 4) is 0 Å². The molecule has 0 aliphatic heterocycles. The number of hydrogen-bond donors (Lipinski definition) is 1. The average Bonchev–Trinajstić information content (AvgIpc) is 2.89. The van der Waals surface area contributed by atoms with E-state index in [1.54, 1.807) is 12.1 Å². The molecule has 1 N–H and O–H groups in total. The van der Waals surface area contributed by atoms with Gasteiger partial charge in [0.25, 0.3) is 0 Å². The lowest BCUT2D eigenvalue weighted by molar-refractivity contribution is -0.151. The summed E-state index contributed by atoms with van der Waals surface area (Å²) in [5.74, 6) is 0.332. The summed E-state index contributed by atoms with van der Waals surface area (Å²) in [4.78, 5) is 4.01. The van der Waals surface area contributed by atoms with E-state index in [-0.39, 0.29) is 12.8 Å². The summed E-state index contributed by atoms with van der Waals surface area (Å²) in [7, 11) is 0. The van der Waals surface area contributed by atoms with Crippen molar-refractivity contribution in [3.05, 3.63) is 23.7 Å². The van der Waals surface area contributed by atoms with Crippen LogP contribution in [0.4, 0.5) is 19.0 Å². The Labute approximate surface area is 99.5 Å². The SMILES string of the molecule is FC(F)(F)C1(Nc2nccc3sccc23)CC1. The highest BCUT2D eigenvalue weighted by Crippen LogP contribution is 2.51. The molecule has 2 aromatic rings. The molecule has 17 heavy (non-hydrogen) atoms. The Balaban J connectivity index is 1.98. The van der Waals surface area contributed by atoms with Gasteiger partial charge in [0.2, 0.25) is 0 Å². The second-order valence-corrected chi connectivity index (χ2v) is 5.14. The Morgan fingerprint density at radius 2 is 2.06 bits per heavy atom. The highest BCUT2D eigenvalue weighted by atomic mass is 32.1. The van der Waals surface area contributed by atoms with Gasteiger partial charge in [-0.05, 0) is 30.4 Å². The van der Waals surface area contributed by atoms with Crippen molar-refractivity contribution < 1.29 is 13.2 Å². The van der Waals surface area contributed by atoms with E-state index >= 15 is 0 Å². The Hall–Kier alpha value is -1.30. The highest BCUT2D eigenvalue weighted by molar-refractivity contribution is 7.17. The molecule has 0 spiro atoms. The van der Waals surface area contributed by atoms with Crippen molar-refractivity contribution in [2.24, 2.45) is 0 Å². The lowest BCUT2D eigenvalue weighted by Gasteiger charge is -2.21. The first-order valence-electron chi connectivity index (χ1n) is 5.19. The van der Waals surface area contributed by atoms with Crippen LogP contribution in [0.1, 0.15) is 12.8 Å². The van der Waals surface area contributed by atoms with Crippen molar-refractivity contribution in [1.29, 1.82) is 0 Å². The van der Waals surface area contributed by atoms with Crippen molar-refractivity contribution in [2.45, 2.75) is 24.6 Å². The molecule has 1 aliphatic carbocycles. The van der Waals surface area contributed by atoms with Gasteiger partial charge in [0.1, 0.15) is 11.4 Å². The number of fused-ring (bicyclic) bond motifs is 1. The third-order valence-electron chi connectivity index (χ3n) is 3.03. The standard InChI is InChI=1S/C11H9F3N2S/c12-11(13,14)10(3-4-10)16-9-7-2-6-17-8(7)1-5-15-9/h1-2,5-6H,3-4H2,(H,15,16). The molecule has 0 radical (unpaired) electrons. The molecule has 6 heteroatoms. The topological polar surface area (TPSA) is 24.9 Å². The van der Waals surface area contributed by atoms with Gasteiger partial charge < -0.3 is 5.32 Å². The van der Waals surface area contributed by atoms with Crippen LogP contribution in [0.3, 0.4) is 0 Å². The molecule has 1 fully saturated rings. The maximum absolute atomic E-state index is 12.8. The second kappa shape index (κ2) is 3.35. The van der Waals surface area contributed by atoms with E-state index in [0.717, 1.165) is 10.1 Å². The summed E-state index contributed by atoms with van der Waals surface area (Å²) >= 11 is 1.49. The molecule has 0 atom stereocenters. The van der Waals surface area contributed by atoms with E-state index < -0.39 is 11.7 Å². The minimum atomic E-state index is -4.22. The van der Waals surface area contributed by atoms with Gasteiger partial charge in [0.05, 0.1) is 0 Å². The van der Waals surface area contributed by atoms with Crippen LogP contribution in [-0.4, -0.2) is 16.7 Å². The number of alkyl halides is 3. The summed E-state index contributed by atoms with van der Waals surface area (Å²) in [6, 6.07) is 3.60. The molecule has 2 aromatic heterocycles. The molecule has 0 saturated heterocycles. The summed E-state index contributed by atoms with van der Waals surface area (Å²) in [6.07, 6.45) is -2.43. The molecule has 0 aromatic carbocycles. The Kier molecular flexibility index (Phi) is 2.13. The number of rotatable bonds is 2. The van der Waals surface area contributed by atoms with Crippen LogP contribution < -0.4 is 5.32 Å². The van der Waals surface area contributed by atoms with Gasteiger partial charge in [-0.3, -0.25) is 0 Å². The van der Waals surface area contributed by atoms with Gasteiger partial charge >= 0.3 is 6.18 Å². The third-order valence-corrected chi connectivity index (χ3v) is 3.91. The predicted molar refractivity (Wildman–Crippen MR) is 61.3 cm³/mol. The number of pyridine rings is 1. The molecule has 3 rings (SSSR count). The lowest BCUT2D eigenvalue weighted by Crippen LogP contribution is -2.38. The van der Waals surface area contributed by atoms with E-state index in [1.165, 1.54) is 17.5 Å². The zero-order valence-electron chi connectivity index (χ0n) is 8.71. The van der Waals surface area contributed by atoms with E-state index in [9.17, 15) is 13.2 Å². The summed E-state index contributed by atoms with van der Waals surface area (Å²) in [5, 5.41) is 5.18. The number of anilines is 1. The predicted octanol–water partition coefficient (Wildman–Crippen LogP) is 3.80. The molecular weight excluding hydrogens is 249 g/mol. The van der Waals surface area contributed by atoms with E-state index in [0.29, 0.717) is 5.82 Å². The monoisotopic (exact) mass is 258 g/mol. The normalized spacial score (nSPS) is 18.3. The maximum atomic E-state index is 12.8. The van der Waals surface area contributed by atoms with Gasteiger partial charge in [-0.25, -0.2) is 4.98 Å². The van der Waals surface area contributed by atoms with Gasteiger partial charge in [-0.2, -0.15) is 13.2 Å². The first-order valence-corrected chi connectivity index (χ1v) is 6.07. The molecule has 0 unspecified atom stereocenters. The molecule has 2 nitrogen and oxygen atoms in total.